The second-order valence-corrected chi connectivity index (χ2v) is 10.8. The van der Waals surface area contributed by atoms with E-state index >= 15 is 0 Å². The second kappa shape index (κ2) is 10.2. The standard InChI is InChI=1S/C23H32N6O4S/c1-17(2)22-24-18(3)15-21(26-22)27-7-9-28(10-8-27)23(30)25-19-5-4-6-20(16-19)34(31,32)29-11-13-33-14-12-29/h4-6,15-17H,7-14H2,1-3H3,(H,25,30). The molecule has 0 aliphatic carbocycles. The van der Waals surface area contributed by atoms with Crippen molar-refractivity contribution in [3.8, 4) is 0 Å². The Bertz CT molecular complexity index is 1130. The van der Waals surface area contributed by atoms with Gasteiger partial charge in [-0.3, -0.25) is 0 Å². The van der Waals surface area contributed by atoms with Gasteiger partial charge in [0.05, 0.1) is 18.1 Å². The first kappa shape index (κ1) is 24.4. The molecule has 184 valence electrons. The molecule has 0 unspecified atom stereocenters. The number of sulfonamides is 1. The van der Waals surface area contributed by atoms with E-state index in [0.717, 1.165) is 17.3 Å². The van der Waals surface area contributed by atoms with E-state index in [-0.39, 0.29) is 16.8 Å². The highest BCUT2D eigenvalue weighted by Gasteiger charge is 2.27. The Morgan fingerprint density at radius 1 is 1.03 bits per heavy atom. The first-order chi connectivity index (χ1) is 16.2. The number of nitrogens with one attached hydrogen (secondary N) is 1. The summed E-state index contributed by atoms with van der Waals surface area (Å²) in [5.41, 5.74) is 1.38. The van der Waals surface area contributed by atoms with Crippen molar-refractivity contribution in [2.45, 2.75) is 31.6 Å². The Balaban J connectivity index is 1.38. The SMILES string of the molecule is Cc1cc(N2CCN(C(=O)Nc3cccc(S(=O)(=O)N4CCOCC4)c3)CC2)nc(C(C)C)n1. The zero-order valence-electron chi connectivity index (χ0n) is 19.9. The second-order valence-electron chi connectivity index (χ2n) is 8.83. The maximum Gasteiger partial charge on any atom is 0.321 e. The summed E-state index contributed by atoms with van der Waals surface area (Å²) >= 11 is 0. The lowest BCUT2D eigenvalue weighted by Gasteiger charge is -2.35. The number of carbonyl (C=O) groups is 1. The molecule has 2 amide bonds. The number of morpholine rings is 1. The van der Waals surface area contributed by atoms with Gasteiger partial charge < -0.3 is 19.9 Å². The first-order valence-electron chi connectivity index (χ1n) is 11.6. The van der Waals surface area contributed by atoms with Crippen molar-refractivity contribution >= 4 is 27.6 Å². The highest BCUT2D eigenvalue weighted by Crippen LogP contribution is 2.22. The summed E-state index contributed by atoms with van der Waals surface area (Å²) in [6, 6.07) is 8.13. The maximum atomic E-state index is 12.9. The third kappa shape index (κ3) is 5.48. The van der Waals surface area contributed by atoms with E-state index in [1.807, 2.05) is 13.0 Å². The quantitative estimate of drug-likeness (QED) is 0.688. The van der Waals surface area contributed by atoms with Crippen LogP contribution in [0.2, 0.25) is 0 Å². The summed E-state index contributed by atoms with van der Waals surface area (Å²) in [6.07, 6.45) is 0. The van der Waals surface area contributed by atoms with Gasteiger partial charge in [0.1, 0.15) is 11.6 Å². The van der Waals surface area contributed by atoms with Crippen molar-refractivity contribution in [3.05, 3.63) is 41.9 Å². The number of urea groups is 1. The molecular weight excluding hydrogens is 456 g/mol. The van der Waals surface area contributed by atoms with Gasteiger partial charge in [-0.1, -0.05) is 19.9 Å². The van der Waals surface area contributed by atoms with Crippen molar-refractivity contribution in [1.29, 1.82) is 0 Å². The number of benzene rings is 1. The van der Waals surface area contributed by atoms with E-state index in [1.165, 1.54) is 10.4 Å². The first-order valence-corrected chi connectivity index (χ1v) is 13.0. The number of ether oxygens (including phenoxy) is 1. The van der Waals surface area contributed by atoms with Gasteiger partial charge in [-0.15, -0.1) is 0 Å². The largest absolute Gasteiger partial charge is 0.379 e. The molecule has 3 heterocycles. The van der Waals surface area contributed by atoms with Crippen LogP contribution in [0.5, 0.6) is 0 Å². The van der Waals surface area contributed by atoms with E-state index in [0.29, 0.717) is 58.2 Å². The molecule has 2 fully saturated rings. The van der Waals surface area contributed by atoms with Crippen LogP contribution in [0.1, 0.15) is 31.3 Å². The minimum atomic E-state index is -3.63. The third-order valence-electron chi connectivity index (χ3n) is 5.96. The molecule has 34 heavy (non-hydrogen) atoms. The summed E-state index contributed by atoms with van der Waals surface area (Å²) in [6.45, 7) is 9.93. The van der Waals surface area contributed by atoms with Crippen molar-refractivity contribution in [2.24, 2.45) is 0 Å². The molecule has 0 spiro atoms. The van der Waals surface area contributed by atoms with Gasteiger partial charge in [0.25, 0.3) is 0 Å². The number of aromatic nitrogens is 2. The molecule has 1 N–H and O–H groups in total. The highest BCUT2D eigenvalue weighted by molar-refractivity contribution is 7.89. The van der Waals surface area contributed by atoms with Crippen molar-refractivity contribution < 1.29 is 17.9 Å². The molecule has 0 saturated carbocycles. The molecule has 0 atom stereocenters. The smallest absolute Gasteiger partial charge is 0.321 e. The fourth-order valence-electron chi connectivity index (χ4n) is 4.01. The summed E-state index contributed by atoms with van der Waals surface area (Å²) in [5.74, 6) is 1.95. The number of rotatable bonds is 5. The van der Waals surface area contributed by atoms with Gasteiger partial charge in [-0.05, 0) is 25.1 Å². The summed E-state index contributed by atoms with van der Waals surface area (Å²) < 4.78 is 32.5. The fourth-order valence-corrected chi connectivity index (χ4v) is 5.46. The van der Waals surface area contributed by atoms with Crippen molar-refractivity contribution in [2.75, 3.05) is 62.7 Å². The third-order valence-corrected chi connectivity index (χ3v) is 7.85. The Hall–Kier alpha value is -2.76. The maximum absolute atomic E-state index is 12.9. The minimum Gasteiger partial charge on any atom is -0.379 e. The highest BCUT2D eigenvalue weighted by atomic mass is 32.2. The van der Waals surface area contributed by atoms with E-state index in [2.05, 4.69) is 29.0 Å². The predicted molar refractivity (Wildman–Crippen MR) is 130 cm³/mol. The summed E-state index contributed by atoms with van der Waals surface area (Å²) in [4.78, 5) is 26.1. The van der Waals surface area contributed by atoms with Gasteiger partial charge in [0.2, 0.25) is 10.0 Å². The molecule has 2 aromatic rings. The van der Waals surface area contributed by atoms with Gasteiger partial charge in [0.15, 0.2) is 0 Å². The zero-order valence-corrected chi connectivity index (χ0v) is 20.7. The van der Waals surface area contributed by atoms with Gasteiger partial charge >= 0.3 is 6.03 Å². The molecule has 10 nitrogen and oxygen atoms in total. The van der Waals surface area contributed by atoms with Crippen molar-refractivity contribution in [1.82, 2.24) is 19.2 Å². The molecule has 0 radical (unpaired) electrons. The van der Waals surface area contributed by atoms with Crippen LogP contribution >= 0.6 is 0 Å². The Labute approximate surface area is 201 Å². The van der Waals surface area contributed by atoms with E-state index < -0.39 is 10.0 Å². The number of hydrogen-bond acceptors (Lipinski definition) is 7. The fraction of sp³-hybridized carbons (Fsp3) is 0.522. The van der Waals surface area contributed by atoms with Crippen LogP contribution < -0.4 is 10.2 Å². The van der Waals surface area contributed by atoms with Gasteiger partial charge in [0, 0.05) is 62.6 Å². The molecule has 0 bridgehead atoms. The Morgan fingerprint density at radius 2 is 1.74 bits per heavy atom. The number of piperazine rings is 1. The zero-order chi connectivity index (χ0) is 24.3. The predicted octanol–water partition coefficient (Wildman–Crippen LogP) is 2.28. The summed E-state index contributed by atoms with van der Waals surface area (Å²) in [7, 11) is -3.63. The topological polar surface area (TPSA) is 108 Å². The summed E-state index contributed by atoms with van der Waals surface area (Å²) in [5, 5.41) is 2.85. The lowest BCUT2D eigenvalue weighted by atomic mass is 10.2. The molecule has 1 aromatic heterocycles. The van der Waals surface area contributed by atoms with E-state index in [4.69, 9.17) is 9.72 Å². The monoisotopic (exact) mass is 488 g/mol. The van der Waals surface area contributed by atoms with Crippen LogP contribution in [0.4, 0.5) is 16.3 Å². The number of nitrogens with zero attached hydrogens (tertiary/aromatic N) is 5. The number of aryl methyl sites for hydroxylation is 1. The van der Waals surface area contributed by atoms with Crippen LogP contribution in [0.25, 0.3) is 0 Å². The van der Waals surface area contributed by atoms with E-state index in [1.54, 1.807) is 23.1 Å². The molecule has 2 aliphatic rings. The van der Waals surface area contributed by atoms with Gasteiger partial charge in [-0.2, -0.15) is 4.31 Å². The lowest BCUT2D eigenvalue weighted by Crippen LogP contribution is -2.50. The normalized spacial score (nSPS) is 17.8. The molecular formula is C23H32N6O4S. The van der Waals surface area contributed by atoms with Crippen LogP contribution in [0.15, 0.2) is 35.2 Å². The van der Waals surface area contributed by atoms with Crippen LogP contribution in [0.3, 0.4) is 0 Å². The molecule has 2 aliphatic heterocycles. The number of hydrogen-bond donors (Lipinski definition) is 1. The Kier molecular flexibility index (Phi) is 7.34. The van der Waals surface area contributed by atoms with E-state index in [9.17, 15) is 13.2 Å². The number of anilines is 2. The molecule has 4 rings (SSSR count). The Morgan fingerprint density at radius 3 is 2.41 bits per heavy atom. The molecule has 11 heteroatoms. The van der Waals surface area contributed by atoms with Crippen LogP contribution in [-0.4, -0.2) is 86.1 Å². The average Bonchev–Trinajstić information content (AvgIpc) is 2.84. The minimum absolute atomic E-state index is 0.164. The average molecular weight is 489 g/mol. The molecule has 1 aromatic carbocycles. The van der Waals surface area contributed by atoms with Crippen LogP contribution in [-0.2, 0) is 14.8 Å². The van der Waals surface area contributed by atoms with Gasteiger partial charge in [-0.25, -0.2) is 23.2 Å². The number of carbonyl (C=O) groups excluding carboxylic acids is 1. The number of amides is 2. The van der Waals surface area contributed by atoms with Crippen molar-refractivity contribution in [3.63, 3.8) is 0 Å². The lowest BCUT2D eigenvalue weighted by molar-refractivity contribution is 0.0730. The molecule has 2 saturated heterocycles. The van der Waals surface area contributed by atoms with Crippen LogP contribution in [0, 0.1) is 6.92 Å².